The summed E-state index contributed by atoms with van der Waals surface area (Å²) < 4.78 is 0. The zero-order valence-corrected chi connectivity index (χ0v) is 17.3. The normalized spacial score (nSPS) is 27.1. The van der Waals surface area contributed by atoms with Crippen LogP contribution in [0.15, 0.2) is 60.7 Å². The third kappa shape index (κ3) is 4.59. The van der Waals surface area contributed by atoms with E-state index in [9.17, 15) is 0 Å². The van der Waals surface area contributed by atoms with Gasteiger partial charge in [-0.05, 0) is 106 Å². The molecule has 2 fully saturated rings. The van der Waals surface area contributed by atoms with E-state index in [0.29, 0.717) is 0 Å². The molecule has 0 amide bonds. The van der Waals surface area contributed by atoms with Crippen molar-refractivity contribution >= 4 is 0 Å². The van der Waals surface area contributed by atoms with Crippen LogP contribution in [0.25, 0.3) is 0 Å². The third-order valence-corrected chi connectivity index (χ3v) is 6.90. The highest BCUT2D eigenvalue weighted by molar-refractivity contribution is 5.44. The van der Waals surface area contributed by atoms with Gasteiger partial charge in [0.05, 0.1) is 0 Å². The monoisotopic (exact) mass is 368 g/mol. The Bertz CT molecular complexity index is 857. The molecule has 0 aliphatic heterocycles. The summed E-state index contributed by atoms with van der Waals surface area (Å²) in [7, 11) is 0. The first-order chi connectivity index (χ1) is 13.7. The molecule has 2 aromatic rings. The lowest BCUT2D eigenvalue weighted by Gasteiger charge is -2.41. The molecule has 0 radical (unpaired) electrons. The van der Waals surface area contributed by atoms with Crippen LogP contribution in [0.4, 0.5) is 0 Å². The van der Waals surface area contributed by atoms with E-state index in [4.69, 9.17) is 0 Å². The fourth-order valence-electron chi connectivity index (χ4n) is 5.29. The van der Waals surface area contributed by atoms with E-state index in [-0.39, 0.29) is 0 Å². The molecule has 0 spiro atoms. The molecule has 0 N–H and O–H groups in total. The van der Waals surface area contributed by atoms with Crippen LogP contribution in [-0.2, 0) is 0 Å². The molecule has 0 heterocycles. The molecule has 0 heteroatoms. The second-order valence-corrected chi connectivity index (χ2v) is 8.87. The van der Waals surface area contributed by atoms with E-state index < -0.39 is 0 Å². The number of aryl methyl sites for hydroxylation is 1. The molecule has 28 heavy (non-hydrogen) atoms. The summed E-state index contributed by atoms with van der Waals surface area (Å²) in [5.41, 5.74) is 5.00. The summed E-state index contributed by atoms with van der Waals surface area (Å²) in [6, 6.07) is 17.5. The highest BCUT2D eigenvalue weighted by Crippen LogP contribution is 2.47. The van der Waals surface area contributed by atoms with Crippen LogP contribution in [0, 0.1) is 36.5 Å². The van der Waals surface area contributed by atoms with Crippen molar-refractivity contribution in [2.24, 2.45) is 17.8 Å². The van der Waals surface area contributed by atoms with E-state index in [1.807, 2.05) is 0 Å². The van der Waals surface area contributed by atoms with Crippen molar-refractivity contribution in [1.82, 2.24) is 0 Å². The molecule has 2 aromatic carbocycles. The second kappa shape index (κ2) is 8.83. The van der Waals surface area contributed by atoms with E-state index in [2.05, 4.69) is 86.4 Å². The average Bonchev–Trinajstić information content (AvgIpc) is 2.74. The first-order valence-electron chi connectivity index (χ1n) is 11.0. The first-order valence-corrected chi connectivity index (χ1v) is 11.0. The molecule has 144 valence electrons. The van der Waals surface area contributed by atoms with Gasteiger partial charge in [-0.25, -0.2) is 0 Å². The van der Waals surface area contributed by atoms with Crippen molar-refractivity contribution in [2.45, 2.75) is 58.3 Å². The molecule has 4 unspecified atom stereocenters. The number of fused-ring (bicyclic) bond motifs is 1. The third-order valence-electron chi connectivity index (χ3n) is 6.90. The van der Waals surface area contributed by atoms with E-state index in [1.165, 1.54) is 49.7 Å². The van der Waals surface area contributed by atoms with Gasteiger partial charge in [-0.2, -0.15) is 0 Å². The van der Waals surface area contributed by atoms with Gasteiger partial charge in [0.1, 0.15) is 0 Å². The molecule has 4 rings (SSSR count). The fraction of sp³-hybridized carbons (Fsp3) is 0.429. The standard InChI is InChI=1S/C28H32/c1-3-4-24-13-16-28-20-27(18-17-26(28)19-24)25-14-11-23(12-15-25)10-9-22-7-5-21(2)6-8-22/h3-8,11-12,14-15,24,26-28H,13,16-20H2,1-2H3/b4-3+. The Morgan fingerprint density at radius 2 is 1.36 bits per heavy atom. The SMILES string of the molecule is C/C=C/C1CCC2CC(c3ccc(C#Cc4ccc(C)cc4)cc3)CCC2C1. The average molecular weight is 369 g/mol. The zero-order valence-electron chi connectivity index (χ0n) is 17.3. The van der Waals surface area contributed by atoms with Gasteiger partial charge in [-0.15, -0.1) is 0 Å². The lowest BCUT2D eigenvalue weighted by molar-refractivity contribution is 0.133. The van der Waals surface area contributed by atoms with Crippen molar-refractivity contribution in [3.05, 3.63) is 82.9 Å². The molecule has 0 nitrogen and oxygen atoms in total. The quantitative estimate of drug-likeness (QED) is 0.386. The van der Waals surface area contributed by atoms with E-state index in [0.717, 1.165) is 34.8 Å². The summed E-state index contributed by atoms with van der Waals surface area (Å²) in [6.07, 6.45) is 13.1. The predicted octanol–water partition coefficient (Wildman–Crippen LogP) is 7.27. The van der Waals surface area contributed by atoms with Gasteiger partial charge >= 0.3 is 0 Å². The summed E-state index contributed by atoms with van der Waals surface area (Å²) in [6.45, 7) is 4.27. The van der Waals surface area contributed by atoms with Crippen LogP contribution >= 0.6 is 0 Å². The number of rotatable bonds is 2. The maximum atomic E-state index is 3.32. The minimum atomic E-state index is 0.749. The Kier molecular flexibility index (Phi) is 6.01. The van der Waals surface area contributed by atoms with Gasteiger partial charge in [0.2, 0.25) is 0 Å². The van der Waals surface area contributed by atoms with Gasteiger partial charge in [-0.1, -0.05) is 53.8 Å². The Morgan fingerprint density at radius 3 is 2.04 bits per heavy atom. The molecule has 0 saturated heterocycles. The lowest BCUT2D eigenvalue weighted by Crippen LogP contribution is -2.30. The Morgan fingerprint density at radius 1 is 0.750 bits per heavy atom. The summed E-state index contributed by atoms with van der Waals surface area (Å²) in [5, 5.41) is 0. The van der Waals surface area contributed by atoms with Crippen LogP contribution in [0.3, 0.4) is 0 Å². The minimum absolute atomic E-state index is 0.749. The topological polar surface area (TPSA) is 0 Å². The van der Waals surface area contributed by atoms with Gasteiger partial charge in [0, 0.05) is 11.1 Å². The Hall–Kier alpha value is -2.26. The largest absolute Gasteiger partial charge is 0.0914 e. The molecular formula is C28H32. The van der Waals surface area contributed by atoms with Crippen molar-refractivity contribution in [3.8, 4) is 11.8 Å². The zero-order chi connectivity index (χ0) is 19.3. The predicted molar refractivity (Wildman–Crippen MR) is 119 cm³/mol. The molecule has 2 aliphatic rings. The Labute approximate surface area is 171 Å². The minimum Gasteiger partial charge on any atom is -0.0914 e. The summed E-state index contributed by atoms with van der Waals surface area (Å²) in [5.74, 6) is 10.1. The van der Waals surface area contributed by atoms with Crippen LogP contribution in [-0.4, -0.2) is 0 Å². The fourth-order valence-corrected chi connectivity index (χ4v) is 5.29. The van der Waals surface area contributed by atoms with Crippen molar-refractivity contribution in [1.29, 1.82) is 0 Å². The maximum absolute atomic E-state index is 3.32. The van der Waals surface area contributed by atoms with Crippen LogP contribution in [0.2, 0.25) is 0 Å². The van der Waals surface area contributed by atoms with Crippen molar-refractivity contribution < 1.29 is 0 Å². The summed E-state index contributed by atoms with van der Waals surface area (Å²) >= 11 is 0. The molecule has 2 saturated carbocycles. The van der Waals surface area contributed by atoms with Gasteiger partial charge in [-0.3, -0.25) is 0 Å². The van der Waals surface area contributed by atoms with Crippen molar-refractivity contribution in [3.63, 3.8) is 0 Å². The van der Waals surface area contributed by atoms with Gasteiger partial charge < -0.3 is 0 Å². The maximum Gasteiger partial charge on any atom is 0.0249 e. The van der Waals surface area contributed by atoms with Crippen LogP contribution < -0.4 is 0 Å². The molecule has 0 aromatic heterocycles. The number of hydrogen-bond acceptors (Lipinski definition) is 0. The number of allylic oxidation sites excluding steroid dienone is 2. The second-order valence-electron chi connectivity index (χ2n) is 8.87. The van der Waals surface area contributed by atoms with Crippen LogP contribution in [0.1, 0.15) is 73.6 Å². The van der Waals surface area contributed by atoms with Gasteiger partial charge in [0.25, 0.3) is 0 Å². The smallest absolute Gasteiger partial charge is 0.0249 e. The molecule has 0 bridgehead atoms. The molecule has 2 aliphatic carbocycles. The Balaban J connectivity index is 1.38. The highest BCUT2D eigenvalue weighted by Gasteiger charge is 2.35. The van der Waals surface area contributed by atoms with Crippen LogP contribution in [0.5, 0.6) is 0 Å². The van der Waals surface area contributed by atoms with E-state index >= 15 is 0 Å². The highest BCUT2D eigenvalue weighted by atomic mass is 14.4. The van der Waals surface area contributed by atoms with Gasteiger partial charge in [0.15, 0.2) is 0 Å². The van der Waals surface area contributed by atoms with E-state index in [1.54, 1.807) is 0 Å². The van der Waals surface area contributed by atoms with Crippen molar-refractivity contribution in [2.75, 3.05) is 0 Å². The number of hydrogen-bond donors (Lipinski definition) is 0. The lowest BCUT2D eigenvalue weighted by atomic mass is 9.64. The number of benzene rings is 2. The molecule has 4 atom stereocenters. The molecular weight excluding hydrogens is 336 g/mol. The first kappa shape index (κ1) is 19.1. The summed E-state index contributed by atoms with van der Waals surface area (Å²) in [4.78, 5) is 0.